The molecule has 0 aliphatic rings. The van der Waals surface area contributed by atoms with Crippen LogP contribution in [0.3, 0.4) is 0 Å². The summed E-state index contributed by atoms with van der Waals surface area (Å²) in [5.41, 5.74) is 3.31. The number of aromatic nitrogens is 1. The molecule has 0 bridgehead atoms. The van der Waals surface area contributed by atoms with Crippen molar-refractivity contribution >= 4 is 20.9 Å². The molecule has 0 amide bonds. The first-order chi connectivity index (χ1) is 7.87. The molecule has 0 aliphatic carbocycles. The molecular weight excluding hydrogens is 236 g/mol. The molecule has 0 unspecified atom stereocenters. The van der Waals surface area contributed by atoms with Crippen molar-refractivity contribution in [1.82, 2.24) is 9.29 Å². The Morgan fingerprint density at radius 3 is 2.65 bits per heavy atom. The van der Waals surface area contributed by atoms with Crippen molar-refractivity contribution in [1.29, 1.82) is 0 Å². The van der Waals surface area contributed by atoms with Crippen LogP contribution in [0.5, 0.6) is 0 Å². The largest absolute Gasteiger partial charge is 0.348 e. The van der Waals surface area contributed by atoms with Crippen molar-refractivity contribution in [2.45, 2.75) is 13.5 Å². The van der Waals surface area contributed by atoms with Crippen molar-refractivity contribution < 1.29 is 8.42 Å². The molecule has 0 radical (unpaired) electrons. The van der Waals surface area contributed by atoms with E-state index in [-0.39, 0.29) is 0 Å². The van der Waals surface area contributed by atoms with Gasteiger partial charge in [-0.1, -0.05) is 6.07 Å². The van der Waals surface area contributed by atoms with Gasteiger partial charge in [-0.3, -0.25) is 0 Å². The second-order valence-electron chi connectivity index (χ2n) is 4.33. The average Bonchev–Trinajstić information content (AvgIpc) is 2.51. The van der Waals surface area contributed by atoms with Gasteiger partial charge in [0.05, 0.1) is 6.26 Å². The molecule has 1 heterocycles. The number of nitrogens with zero attached hydrogens (tertiary/aromatic N) is 1. The first-order valence-corrected chi connectivity index (χ1v) is 7.25. The maximum absolute atomic E-state index is 11.0. The van der Waals surface area contributed by atoms with Gasteiger partial charge >= 0.3 is 0 Å². The molecule has 92 valence electrons. The monoisotopic (exact) mass is 252 g/mol. The van der Waals surface area contributed by atoms with Gasteiger partial charge < -0.3 is 4.57 Å². The van der Waals surface area contributed by atoms with Gasteiger partial charge in [-0.25, -0.2) is 13.1 Å². The third-order valence-electron chi connectivity index (χ3n) is 2.89. The van der Waals surface area contributed by atoms with E-state index in [4.69, 9.17) is 0 Å². The smallest absolute Gasteiger partial charge is 0.209 e. The Hall–Kier alpha value is -1.33. The number of nitrogens with one attached hydrogen (secondary N) is 1. The first-order valence-electron chi connectivity index (χ1n) is 5.36. The normalized spacial score (nSPS) is 12.2. The number of rotatable bonds is 3. The fourth-order valence-corrected chi connectivity index (χ4v) is 2.29. The zero-order valence-electron chi connectivity index (χ0n) is 10.2. The lowest BCUT2D eigenvalue weighted by molar-refractivity contribution is 0.587. The highest BCUT2D eigenvalue weighted by molar-refractivity contribution is 7.88. The van der Waals surface area contributed by atoms with Crippen LogP contribution in [0.15, 0.2) is 24.3 Å². The van der Waals surface area contributed by atoms with Gasteiger partial charge in [0.1, 0.15) is 0 Å². The zero-order chi connectivity index (χ0) is 12.6. The van der Waals surface area contributed by atoms with Crippen LogP contribution in [0.2, 0.25) is 0 Å². The summed E-state index contributed by atoms with van der Waals surface area (Å²) >= 11 is 0. The Kier molecular flexibility index (Phi) is 2.97. The lowest BCUT2D eigenvalue weighted by Gasteiger charge is -2.03. The Morgan fingerprint density at radius 1 is 1.29 bits per heavy atom. The number of hydrogen-bond acceptors (Lipinski definition) is 2. The molecular formula is C12H16N2O2S. The highest BCUT2D eigenvalue weighted by Gasteiger charge is 2.05. The van der Waals surface area contributed by atoms with Crippen molar-refractivity contribution in [3.8, 4) is 0 Å². The molecule has 5 heteroatoms. The molecule has 0 aliphatic heterocycles. The van der Waals surface area contributed by atoms with Crippen LogP contribution < -0.4 is 4.72 Å². The maximum atomic E-state index is 11.0. The minimum atomic E-state index is -3.13. The molecule has 0 atom stereocenters. The van der Waals surface area contributed by atoms with Crippen molar-refractivity contribution in [3.63, 3.8) is 0 Å². The van der Waals surface area contributed by atoms with E-state index in [1.807, 2.05) is 25.2 Å². The fraction of sp³-hybridized carbons (Fsp3) is 0.333. The maximum Gasteiger partial charge on any atom is 0.209 e. The van der Waals surface area contributed by atoms with E-state index in [0.29, 0.717) is 6.54 Å². The zero-order valence-corrected chi connectivity index (χ0v) is 11.0. The minimum absolute atomic E-state index is 0.336. The average molecular weight is 252 g/mol. The van der Waals surface area contributed by atoms with Crippen LogP contribution in [0.4, 0.5) is 0 Å². The Bertz CT molecular complexity index is 656. The molecule has 2 rings (SSSR count). The quantitative estimate of drug-likeness (QED) is 0.900. The van der Waals surface area contributed by atoms with E-state index in [1.165, 1.54) is 5.69 Å². The lowest BCUT2D eigenvalue weighted by atomic mass is 10.1. The number of sulfonamides is 1. The molecule has 1 aromatic carbocycles. The molecule has 0 saturated carbocycles. The predicted octanol–water partition coefficient (Wildman–Crippen LogP) is 1.54. The van der Waals surface area contributed by atoms with E-state index in [9.17, 15) is 8.42 Å². The van der Waals surface area contributed by atoms with Crippen molar-refractivity contribution in [3.05, 3.63) is 35.5 Å². The highest BCUT2D eigenvalue weighted by Crippen LogP contribution is 2.19. The number of aryl methyl sites for hydroxylation is 2. The van der Waals surface area contributed by atoms with E-state index in [2.05, 4.69) is 22.3 Å². The SMILES string of the molecule is Cc1cc2cc(CNS(C)(=O)=O)ccc2n1C. The van der Waals surface area contributed by atoms with Gasteiger partial charge in [-0.15, -0.1) is 0 Å². The summed E-state index contributed by atoms with van der Waals surface area (Å²) in [5.74, 6) is 0. The van der Waals surface area contributed by atoms with Crippen LogP contribution in [0, 0.1) is 6.92 Å². The van der Waals surface area contributed by atoms with Crippen LogP contribution in [-0.4, -0.2) is 19.2 Å². The second-order valence-corrected chi connectivity index (χ2v) is 6.16. The Morgan fingerprint density at radius 2 is 2.00 bits per heavy atom. The number of hydrogen-bond donors (Lipinski definition) is 1. The molecule has 0 saturated heterocycles. The van der Waals surface area contributed by atoms with Gasteiger partial charge in [0.15, 0.2) is 0 Å². The van der Waals surface area contributed by atoms with Crippen LogP contribution >= 0.6 is 0 Å². The standard InChI is InChI=1S/C12H16N2O2S/c1-9-6-11-7-10(8-13-17(3,15)16)4-5-12(11)14(9)2/h4-7,13H,8H2,1-3H3. The number of benzene rings is 1. The van der Waals surface area contributed by atoms with Gasteiger partial charge in [-0.05, 0) is 30.7 Å². The highest BCUT2D eigenvalue weighted by atomic mass is 32.2. The Balaban J connectivity index is 2.32. The molecule has 4 nitrogen and oxygen atoms in total. The second kappa shape index (κ2) is 4.16. The van der Waals surface area contributed by atoms with E-state index < -0.39 is 10.0 Å². The number of fused-ring (bicyclic) bond motifs is 1. The first kappa shape index (κ1) is 12.1. The van der Waals surface area contributed by atoms with Crippen LogP contribution in [0.1, 0.15) is 11.3 Å². The molecule has 2 aromatic rings. The molecule has 17 heavy (non-hydrogen) atoms. The molecule has 0 spiro atoms. The summed E-state index contributed by atoms with van der Waals surface area (Å²) in [7, 11) is -1.11. The van der Waals surface area contributed by atoms with Crippen LogP contribution in [-0.2, 0) is 23.6 Å². The van der Waals surface area contributed by atoms with Crippen molar-refractivity contribution in [2.75, 3.05) is 6.26 Å². The summed E-state index contributed by atoms with van der Waals surface area (Å²) in [6.45, 7) is 2.39. The van der Waals surface area contributed by atoms with Gasteiger partial charge in [0.25, 0.3) is 0 Å². The summed E-state index contributed by atoms with van der Waals surface area (Å²) in [5, 5.41) is 1.14. The lowest BCUT2D eigenvalue weighted by Crippen LogP contribution is -2.21. The van der Waals surface area contributed by atoms with Crippen LogP contribution in [0.25, 0.3) is 10.9 Å². The van der Waals surface area contributed by atoms with Gasteiger partial charge in [0.2, 0.25) is 10.0 Å². The minimum Gasteiger partial charge on any atom is -0.348 e. The predicted molar refractivity (Wildman–Crippen MR) is 69.3 cm³/mol. The fourth-order valence-electron chi connectivity index (χ4n) is 1.86. The van der Waals surface area contributed by atoms with Crippen molar-refractivity contribution in [2.24, 2.45) is 7.05 Å². The van der Waals surface area contributed by atoms with Gasteiger partial charge in [-0.2, -0.15) is 0 Å². The third kappa shape index (κ3) is 2.68. The van der Waals surface area contributed by atoms with E-state index in [0.717, 1.165) is 22.7 Å². The summed E-state index contributed by atoms with van der Waals surface area (Å²) in [6.07, 6.45) is 1.16. The summed E-state index contributed by atoms with van der Waals surface area (Å²) in [6, 6.07) is 8.07. The van der Waals surface area contributed by atoms with E-state index in [1.54, 1.807) is 0 Å². The van der Waals surface area contributed by atoms with Gasteiger partial charge in [0, 0.05) is 30.2 Å². The molecule has 1 aromatic heterocycles. The summed E-state index contributed by atoms with van der Waals surface area (Å²) in [4.78, 5) is 0. The Labute approximate surface area is 101 Å². The third-order valence-corrected chi connectivity index (χ3v) is 3.55. The molecule has 0 fully saturated rings. The molecule has 1 N–H and O–H groups in total. The topological polar surface area (TPSA) is 51.1 Å². The van der Waals surface area contributed by atoms with E-state index >= 15 is 0 Å². The summed E-state index contributed by atoms with van der Waals surface area (Å²) < 4.78 is 26.6.